The van der Waals surface area contributed by atoms with Crippen molar-refractivity contribution in [3.63, 3.8) is 0 Å². The zero-order valence-corrected chi connectivity index (χ0v) is 10.1. The van der Waals surface area contributed by atoms with E-state index in [0.717, 1.165) is 10.0 Å². The van der Waals surface area contributed by atoms with Crippen LogP contribution in [0.4, 0.5) is 0 Å². The van der Waals surface area contributed by atoms with Crippen molar-refractivity contribution in [1.82, 2.24) is 10.2 Å². The molecule has 1 fully saturated rings. The van der Waals surface area contributed by atoms with E-state index in [-0.39, 0.29) is 16.9 Å². The molecule has 0 radical (unpaired) electrons. The van der Waals surface area contributed by atoms with E-state index in [1.807, 2.05) is 6.92 Å². The van der Waals surface area contributed by atoms with E-state index in [9.17, 15) is 8.42 Å². The van der Waals surface area contributed by atoms with Crippen LogP contribution in [0.5, 0.6) is 0 Å². The molecular formula is C8H13N3O2S2. The number of rotatable bonds is 2. The van der Waals surface area contributed by atoms with Crippen LogP contribution in [-0.4, -0.2) is 30.1 Å². The largest absolute Gasteiger partial charge is 0.324 e. The minimum absolute atomic E-state index is 0.180. The predicted molar refractivity (Wildman–Crippen MR) is 58.4 cm³/mol. The lowest BCUT2D eigenvalue weighted by Gasteiger charge is -2.16. The molecule has 1 unspecified atom stereocenters. The van der Waals surface area contributed by atoms with Crippen LogP contribution in [0.15, 0.2) is 0 Å². The summed E-state index contributed by atoms with van der Waals surface area (Å²) in [6.45, 7) is 2.29. The molecule has 1 aromatic heterocycles. The summed E-state index contributed by atoms with van der Waals surface area (Å²) < 4.78 is 22.9. The van der Waals surface area contributed by atoms with Gasteiger partial charge in [-0.2, -0.15) is 0 Å². The Balaban J connectivity index is 2.31. The molecular weight excluding hydrogens is 234 g/mol. The molecule has 2 N–H and O–H groups in total. The standard InChI is InChI=1S/C8H13N3O2S2/c1-8(2-3-15(12,13)5-8)7-11-10-6(4-9)14-7/h2-5,9H2,1H3. The SMILES string of the molecule is CC1(c2nnc(CN)s2)CCS(=O)(=O)C1. The predicted octanol–water partition coefficient (Wildman–Crippen LogP) is 0.0730. The monoisotopic (exact) mass is 247 g/mol. The summed E-state index contributed by atoms with van der Waals surface area (Å²) >= 11 is 1.42. The highest BCUT2D eigenvalue weighted by Gasteiger charge is 2.42. The molecule has 7 heteroatoms. The van der Waals surface area contributed by atoms with Crippen LogP contribution in [0, 0.1) is 0 Å². The van der Waals surface area contributed by atoms with Gasteiger partial charge in [-0.25, -0.2) is 8.42 Å². The summed E-state index contributed by atoms with van der Waals surface area (Å²) in [4.78, 5) is 0. The van der Waals surface area contributed by atoms with Crippen LogP contribution in [0.25, 0.3) is 0 Å². The van der Waals surface area contributed by atoms with Crippen LogP contribution in [0.2, 0.25) is 0 Å². The fourth-order valence-electron chi connectivity index (χ4n) is 1.76. The lowest BCUT2D eigenvalue weighted by atomic mass is 9.91. The van der Waals surface area contributed by atoms with E-state index in [2.05, 4.69) is 10.2 Å². The average Bonchev–Trinajstić information content (AvgIpc) is 2.71. The fraction of sp³-hybridized carbons (Fsp3) is 0.750. The third-order valence-corrected chi connectivity index (χ3v) is 5.82. The van der Waals surface area contributed by atoms with Crippen molar-refractivity contribution < 1.29 is 8.42 Å². The maximum absolute atomic E-state index is 11.4. The van der Waals surface area contributed by atoms with Gasteiger partial charge in [0.15, 0.2) is 9.84 Å². The van der Waals surface area contributed by atoms with E-state index in [1.165, 1.54) is 11.3 Å². The van der Waals surface area contributed by atoms with Crippen molar-refractivity contribution in [2.24, 2.45) is 5.73 Å². The van der Waals surface area contributed by atoms with Crippen LogP contribution in [0.3, 0.4) is 0 Å². The molecule has 2 rings (SSSR count). The number of aromatic nitrogens is 2. The molecule has 0 aliphatic carbocycles. The van der Waals surface area contributed by atoms with Crippen LogP contribution < -0.4 is 5.73 Å². The normalized spacial score (nSPS) is 29.5. The Hall–Kier alpha value is -0.530. The van der Waals surface area contributed by atoms with Gasteiger partial charge in [-0.1, -0.05) is 18.3 Å². The van der Waals surface area contributed by atoms with Gasteiger partial charge in [-0.15, -0.1) is 10.2 Å². The average molecular weight is 247 g/mol. The van der Waals surface area contributed by atoms with Crippen molar-refractivity contribution in [2.75, 3.05) is 11.5 Å². The number of hydrogen-bond acceptors (Lipinski definition) is 6. The molecule has 0 aromatic carbocycles. The first kappa shape index (κ1) is 11.0. The van der Waals surface area contributed by atoms with Crippen molar-refractivity contribution in [1.29, 1.82) is 0 Å². The first-order chi connectivity index (χ1) is 6.95. The van der Waals surface area contributed by atoms with Gasteiger partial charge in [0.2, 0.25) is 0 Å². The van der Waals surface area contributed by atoms with E-state index < -0.39 is 9.84 Å². The number of nitrogens with zero attached hydrogens (tertiary/aromatic N) is 2. The Labute approximate surface area is 92.6 Å². The lowest BCUT2D eigenvalue weighted by Crippen LogP contribution is -2.23. The molecule has 1 aromatic rings. The van der Waals surface area contributed by atoms with Gasteiger partial charge < -0.3 is 5.73 Å². The maximum Gasteiger partial charge on any atom is 0.151 e. The van der Waals surface area contributed by atoms with E-state index >= 15 is 0 Å². The molecule has 1 aliphatic heterocycles. The third-order valence-electron chi connectivity index (χ3n) is 2.66. The molecule has 1 atom stereocenters. The number of hydrogen-bond donors (Lipinski definition) is 1. The summed E-state index contributed by atoms with van der Waals surface area (Å²) in [5.74, 6) is 0.431. The van der Waals surface area contributed by atoms with Gasteiger partial charge >= 0.3 is 0 Å². The maximum atomic E-state index is 11.4. The Morgan fingerprint density at radius 3 is 2.73 bits per heavy atom. The van der Waals surface area contributed by atoms with Gasteiger partial charge in [-0.05, 0) is 6.42 Å². The summed E-state index contributed by atoms with van der Waals surface area (Å²) in [6.07, 6.45) is 0.633. The topological polar surface area (TPSA) is 85.9 Å². The van der Waals surface area contributed by atoms with Gasteiger partial charge in [0.05, 0.1) is 11.5 Å². The van der Waals surface area contributed by atoms with Crippen molar-refractivity contribution >= 4 is 21.2 Å². The van der Waals surface area contributed by atoms with E-state index in [0.29, 0.717) is 13.0 Å². The third kappa shape index (κ3) is 2.04. The minimum atomic E-state index is -2.89. The fourth-order valence-corrected chi connectivity index (χ4v) is 4.90. The Kier molecular flexibility index (Phi) is 2.56. The Bertz CT molecular complexity index is 468. The highest BCUT2D eigenvalue weighted by Crippen LogP contribution is 2.36. The molecule has 0 spiro atoms. The van der Waals surface area contributed by atoms with E-state index in [1.54, 1.807) is 0 Å². The second kappa shape index (κ2) is 3.50. The number of sulfone groups is 1. The first-order valence-electron chi connectivity index (χ1n) is 4.69. The summed E-state index contributed by atoms with van der Waals surface area (Å²) in [5.41, 5.74) is 5.09. The molecule has 1 aliphatic rings. The highest BCUT2D eigenvalue weighted by atomic mass is 32.2. The highest BCUT2D eigenvalue weighted by molar-refractivity contribution is 7.91. The minimum Gasteiger partial charge on any atom is -0.324 e. The van der Waals surface area contributed by atoms with Gasteiger partial charge in [0, 0.05) is 12.0 Å². The van der Waals surface area contributed by atoms with Crippen molar-refractivity contribution in [3.8, 4) is 0 Å². The molecule has 2 heterocycles. The van der Waals surface area contributed by atoms with Crippen LogP contribution in [-0.2, 0) is 21.8 Å². The van der Waals surface area contributed by atoms with Gasteiger partial charge in [-0.3, -0.25) is 0 Å². The summed E-state index contributed by atoms with van der Waals surface area (Å²) in [7, 11) is -2.89. The van der Waals surface area contributed by atoms with Gasteiger partial charge in [0.1, 0.15) is 10.0 Å². The van der Waals surface area contributed by atoms with Crippen molar-refractivity contribution in [3.05, 3.63) is 10.0 Å². The van der Waals surface area contributed by atoms with E-state index in [4.69, 9.17) is 5.73 Å². The quantitative estimate of drug-likeness (QED) is 0.799. The molecule has 1 saturated heterocycles. The molecule has 15 heavy (non-hydrogen) atoms. The smallest absolute Gasteiger partial charge is 0.151 e. The Morgan fingerprint density at radius 2 is 2.27 bits per heavy atom. The molecule has 5 nitrogen and oxygen atoms in total. The first-order valence-corrected chi connectivity index (χ1v) is 7.32. The van der Waals surface area contributed by atoms with Crippen molar-refractivity contribution in [2.45, 2.75) is 25.3 Å². The number of nitrogens with two attached hydrogens (primary N) is 1. The molecule has 0 amide bonds. The summed E-state index contributed by atoms with van der Waals surface area (Å²) in [6, 6.07) is 0. The zero-order valence-electron chi connectivity index (χ0n) is 8.43. The second-order valence-corrected chi connectivity index (χ2v) is 7.35. The van der Waals surface area contributed by atoms with Crippen LogP contribution >= 0.6 is 11.3 Å². The van der Waals surface area contributed by atoms with Gasteiger partial charge in [0.25, 0.3) is 0 Å². The molecule has 84 valence electrons. The zero-order chi connectivity index (χ0) is 11.1. The summed E-state index contributed by atoms with van der Waals surface area (Å²) in [5, 5.41) is 9.51. The second-order valence-electron chi connectivity index (χ2n) is 4.11. The molecule has 0 saturated carbocycles. The molecule has 0 bridgehead atoms. The lowest BCUT2D eigenvalue weighted by molar-refractivity contribution is 0.528. The van der Waals surface area contributed by atoms with Crippen LogP contribution in [0.1, 0.15) is 23.4 Å². The Morgan fingerprint density at radius 1 is 1.53 bits per heavy atom.